The van der Waals surface area contributed by atoms with Gasteiger partial charge in [-0.15, -0.1) is 0 Å². The molecule has 1 aliphatic carbocycles. The lowest BCUT2D eigenvalue weighted by molar-refractivity contribution is -0.140. The van der Waals surface area contributed by atoms with Crippen molar-refractivity contribution >= 4 is 5.78 Å². The fraction of sp³-hybridized carbons (Fsp3) is 0.900. The lowest BCUT2D eigenvalue weighted by Gasteiger charge is -2.32. The smallest absolute Gasteiger partial charge is 0.143 e. The summed E-state index contributed by atoms with van der Waals surface area (Å²) in [4.78, 5) is 11.3. The van der Waals surface area contributed by atoms with Gasteiger partial charge in [0.25, 0.3) is 0 Å². The van der Waals surface area contributed by atoms with Crippen molar-refractivity contribution in [1.82, 2.24) is 0 Å². The average molecular weight is 170 g/mol. The van der Waals surface area contributed by atoms with Gasteiger partial charge >= 0.3 is 0 Å². The van der Waals surface area contributed by atoms with Crippen molar-refractivity contribution < 1.29 is 9.53 Å². The van der Waals surface area contributed by atoms with Crippen molar-refractivity contribution in [3.05, 3.63) is 0 Å². The van der Waals surface area contributed by atoms with Gasteiger partial charge in [-0.2, -0.15) is 0 Å². The van der Waals surface area contributed by atoms with Crippen LogP contribution in [-0.4, -0.2) is 19.0 Å². The molecule has 2 atom stereocenters. The van der Waals surface area contributed by atoms with Crippen molar-refractivity contribution in [2.24, 2.45) is 11.8 Å². The largest absolute Gasteiger partial charge is 0.380 e. The van der Waals surface area contributed by atoms with Crippen LogP contribution in [0.4, 0.5) is 0 Å². The number of hydrogen-bond acceptors (Lipinski definition) is 2. The number of hydrogen-bond donors (Lipinski definition) is 0. The Morgan fingerprint density at radius 3 is 2.08 bits per heavy atom. The van der Waals surface area contributed by atoms with E-state index < -0.39 is 0 Å². The Kier molecular flexibility index (Phi) is 3.73. The van der Waals surface area contributed by atoms with Crippen LogP contribution in [0.3, 0.4) is 0 Å². The van der Waals surface area contributed by atoms with Gasteiger partial charge in [-0.05, 0) is 12.8 Å². The van der Waals surface area contributed by atoms with Crippen LogP contribution in [0.25, 0.3) is 0 Å². The Morgan fingerprint density at radius 1 is 1.17 bits per heavy atom. The number of Topliss-reactive ketones (excluding diaryl/α,β-unsaturated/α-hetero) is 1. The van der Waals surface area contributed by atoms with Gasteiger partial charge in [0.05, 0.1) is 13.2 Å². The standard InChI is InChI=1S/C8H12O2.C2H6/c9-8-6-2-1-3-7(8)5-10-4-6;1-2/h6-7H,1-5H2;1-2H3. The summed E-state index contributed by atoms with van der Waals surface area (Å²) in [5.41, 5.74) is 0. The number of carbonyl (C=O) groups excluding carboxylic acids is 1. The second-order valence-corrected chi connectivity index (χ2v) is 3.26. The van der Waals surface area contributed by atoms with Gasteiger partial charge in [0.2, 0.25) is 0 Å². The first-order valence-electron chi connectivity index (χ1n) is 4.99. The summed E-state index contributed by atoms with van der Waals surface area (Å²) >= 11 is 0. The van der Waals surface area contributed by atoms with E-state index in [0.717, 1.165) is 12.8 Å². The maximum atomic E-state index is 11.3. The van der Waals surface area contributed by atoms with E-state index in [-0.39, 0.29) is 11.8 Å². The van der Waals surface area contributed by atoms with Crippen LogP contribution in [0.2, 0.25) is 0 Å². The Hall–Kier alpha value is -0.370. The Balaban J connectivity index is 0.000000336. The number of fused-ring (bicyclic) bond motifs is 2. The van der Waals surface area contributed by atoms with E-state index >= 15 is 0 Å². The minimum atomic E-state index is 0.257. The fourth-order valence-electron chi connectivity index (χ4n) is 1.91. The third kappa shape index (κ3) is 1.86. The van der Waals surface area contributed by atoms with Crippen LogP contribution >= 0.6 is 0 Å². The maximum Gasteiger partial charge on any atom is 0.143 e. The molecule has 0 amide bonds. The molecule has 12 heavy (non-hydrogen) atoms. The molecule has 0 aromatic rings. The molecule has 2 unspecified atom stereocenters. The number of carbonyl (C=O) groups is 1. The van der Waals surface area contributed by atoms with E-state index in [0.29, 0.717) is 19.0 Å². The lowest BCUT2D eigenvalue weighted by Crippen LogP contribution is -2.39. The first-order valence-corrected chi connectivity index (χ1v) is 4.99. The van der Waals surface area contributed by atoms with Crippen molar-refractivity contribution in [3.8, 4) is 0 Å². The molecule has 2 bridgehead atoms. The van der Waals surface area contributed by atoms with Crippen molar-refractivity contribution in [1.29, 1.82) is 0 Å². The summed E-state index contributed by atoms with van der Waals surface area (Å²) in [5, 5.41) is 0. The van der Waals surface area contributed by atoms with Crippen LogP contribution in [-0.2, 0) is 9.53 Å². The second kappa shape index (κ2) is 4.61. The SMILES string of the molecule is CC.O=C1C2CCCC1COC2. The second-order valence-electron chi connectivity index (χ2n) is 3.26. The molecule has 70 valence electrons. The third-order valence-corrected chi connectivity index (χ3v) is 2.55. The minimum absolute atomic E-state index is 0.257. The fourth-order valence-corrected chi connectivity index (χ4v) is 1.91. The molecule has 1 saturated heterocycles. The van der Waals surface area contributed by atoms with E-state index in [1.807, 2.05) is 13.8 Å². The summed E-state index contributed by atoms with van der Waals surface area (Å²) in [6.07, 6.45) is 3.36. The zero-order valence-electron chi connectivity index (χ0n) is 8.01. The highest BCUT2D eigenvalue weighted by molar-refractivity contribution is 5.84. The monoisotopic (exact) mass is 170 g/mol. The van der Waals surface area contributed by atoms with Crippen molar-refractivity contribution in [2.45, 2.75) is 33.1 Å². The summed E-state index contributed by atoms with van der Waals surface area (Å²) in [5.74, 6) is 0.984. The maximum absolute atomic E-state index is 11.3. The van der Waals surface area contributed by atoms with Crippen LogP contribution < -0.4 is 0 Å². The summed E-state index contributed by atoms with van der Waals surface area (Å²) in [6, 6.07) is 0. The molecule has 2 heteroatoms. The molecule has 0 radical (unpaired) electrons. The van der Waals surface area contributed by atoms with Crippen LogP contribution in [0.15, 0.2) is 0 Å². The lowest BCUT2D eigenvalue weighted by atomic mass is 9.79. The average Bonchev–Trinajstić information content (AvgIpc) is 2.07. The highest BCUT2D eigenvalue weighted by atomic mass is 16.5. The predicted octanol–water partition coefficient (Wildman–Crippen LogP) is 2.03. The first-order chi connectivity index (χ1) is 5.88. The molecule has 1 heterocycles. The van der Waals surface area contributed by atoms with Gasteiger partial charge in [-0.25, -0.2) is 0 Å². The summed E-state index contributed by atoms with van der Waals surface area (Å²) in [7, 11) is 0. The van der Waals surface area contributed by atoms with E-state index in [9.17, 15) is 4.79 Å². The first kappa shape index (κ1) is 9.72. The predicted molar refractivity (Wildman–Crippen MR) is 48.0 cm³/mol. The van der Waals surface area contributed by atoms with Gasteiger partial charge in [0.1, 0.15) is 5.78 Å². The highest BCUT2D eigenvalue weighted by Gasteiger charge is 2.34. The van der Waals surface area contributed by atoms with E-state index in [2.05, 4.69) is 0 Å². The van der Waals surface area contributed by atoms with E-state index in [1.165, 1.54) is 6.42 Å². The van der Waals surface area contributed by atoms with Gasteiger partial charge in [0, 0.05) is 11.8 Å². The van der Waals surface area contributed by atoms with E-state index in [4.69, 9.17) is 4.74 Å². The minimum Gasteiger partial charge on any atom is -0.380 e. The molecule has 2 rings (SSSR count). The Bertz CT molecular complexity index is 130. The summed E-state index contributed by atoms with van der Waals surface area (Å²) < 4.78 is 5.29. The summed E-state index contributed by atoms with van der Waals surface area (Å²) in [6.45, 7) is 5.38. The molecule has 0 N–H and O–H groups in total. The van der Waals surface area contributed by atoms with Crippen molar-refractivity contribution in [3.63, 3.8) is 0 Å². The van der Waals surface area contributed by atoms with Crippen LogP contribution in [0.1, 0.15) is 33.1 Å². The van der Waals surface area contributed by atoms with Gasteiger partial charge in [-0.3, -0.25) is 4.79 Å². The zero-order valence-corrected chi connectivity index (χ0v) is 8.01. The Labute approximate surface area is 74.3 Å². The molecule has 0 aromatic carbocycles. The molecule has 2 fully saturated rings. The molecule has 1 aliphatic heterocycles. The van der Waals surface area contributed by atoms with Crippen LogP contribution in [0, 0.1) is 11.8 Å². The molecule has 0 aromatic heterocycles. The van der Waals surface area contributed by atoms with Crippen molar-refractivity contribution in [2.75, 3.05) is 13.2 Å². The molecular formula is C10H18O2. The highest BCUT2D eigenvalue weighted by Crippen LogP contribution is 2.29. The van der Waals surface area contributed by atoms with Gasteiger partial charge in [-0.1, -0.05) is 20.3 Å². The number of ketones is 1. The molecule has 1 saturated carbocycles. The topological polar surface area (TPSA) is 26.3 Å². The zero-order chi connectivity index (χ0) is 8.97. The third-order valence-electron chi connectivity index (χ3n) is 2.55. The normalized spacial score (nSPS) is 33.7. The number of rotatable bonds is 0. The van der Waals surface area contributed by atoms with E-state index in [1.54, 1.807) is 0 Å². The van der Waals surface area contributed by atoms with Crippen LogP contribution in [0.5, 0.6) is 0 Å². The Morgan fingerprint density at radius 2 is 1.67 bits per heavy atom. The molecule has 2 nitrogen and oxygen atoms in total. The molecular weight excluding hydrogens is 152 g/mol. The number of ether oxygens (including phenoxy) is 1. The molecule has 0 spiro atoms. The molecule has 2 aliphatic rings. The quantitative estimate of drug-likeness (QED) is 0.556. The van der Waals surface area contributed by atoms with Gasteiger partial charge in [0.15, 0.2) is 0 Å². The van der Waals surface area contributed by atoms with Gasteiger partial charge < -0.3 is 4.74 Å².